The Kier molecular flexibility index (Phi) is 3.01. The topological polar surface area (TPSA) is 50.2 Å². The van der Waals surface area contributed by atoms with E-state index in [2.05, 4.69) is 4.98 Å². The third-order valence-electron chi connectivity index (χ3n) is 2.24. The van der Waals surface area contributed by atoms with E-state index in [4.69, 9.17) is 5.11 Å². The number of benzene rings is 1. The zero-order valence-electron chi connectivity index (χ0n) is 8.80. The van der Waals surface area contributed by atoms with Gasteiger partial charge in [0.05, 0.1) is 5.01 Å². The largest absolute Gasteiger partial charge is 0.476 e. The van der Waals surface area contributed by atoms with E-state index in [0.29, 0.717) is 6.42 Å². The van der Waals surface area contributed by atoms with Crippen molar-refractivity contribution < 1.29 is 9.90 Å². The van der Waals surface area contributed by atoms with Gasteiger partial charge in [-0.05, 0) is 12.5 Å². The molecular formula is C12H11NO2S. The maximum absolute atomic E-state index is 10.8. The summed E-state index contributed by atoms with van der Waals surface area (Å²) in [5, 5.41) is 9.74. The smallest absolute Gasteiger partial charge is 0.355 e. The molecule has 0 spiro atoms. The zero-order chi connectivity index (χ0) is 11.5. The van der Waals surface area contributed by atoms with E-state index in [1.54, 1.807) is 6.92 Å². The van der Waals surface area contributed by atoms with Crippen molar-refractivity contribution in [3.8, 4) is 0 Å². The van der Waals surface area contributed by atoms with Gasteiger partial charge in [0.2, 0.25) is 0 Å². The molecule has 0 atom stereocenters. The Hall–Kier alpha value is -1.68. The van der Waals surface area contributed by atoms with E-state index in [1.807, 2.05) is 30.3 Å². The number of carboxylic acids is 1. The van der Waals surface area contributed by atoms with Gasteiger partial charge in [0.15, 0.2) is 5.69 Å². The number of hydrogen-bond donors (Lipinski definition) is 1. The van der Waals surface area contributed by atoms with Crippen molar-refractivity contribution in [3.63, 3.8) is 0 Å². The van der Waals surface area contributed by atoms with Crippen molar-refractivity contribution in [2.75, 3.05) is 0 Å². The summed E-state index contributed by atoms with van der Waals surface area (Å²) >= 11 is 1.45. The number of aryl methyl sites for hydroxylation is 1. The lowest BCUT2D eigenvalue weighted by Crippen LogP contribution is -1.99. The van der Waals surface area contributed by atoms with E-state index in [-0.39, 0.29) is 5.69 Å². The van der Waals surface area contributed by atoms with Crippen LogP contribution in [0.1, 0.15) is 25.9 Å². The lowest BCUT2D eigenvalue weighted by atomic mass is 10.2. The van der Waals surface area contributed by atoms with Crippen molar-refractivity contribution in [1.29, 1.82) is 0 Å². The Bertz CT molecular complexity index is 505. The van der Waals surface area contributed by atoms with E-state index < -0.39 is 5.97 Å². The second-order valence-corrected chi connectivity index (χ2v) is 4.77. The average Bonchev–Trinajstić information content (AvgIpc) is 2.61. The summed E-state index contributed by atoms with van der Waals surface area (Å²) in [5.74, 6) is -0.951. The van der Waals surface area contributed by atoms with Gasteiger partial charge in [-0.3, -0.25) is 0 Å². The normalized spacial score (nSPS) is 10.3. The van der Waals surface area contributed by atoms with Crippen molar-refractivity contribution >= 4 is 17.3 Å². The summed E-state index contributed by atoms with van der Waals surface area (Å²) in [5.41, 5.74) is 1.32. The Morgan fingerprint density at radius 1 is 1.38 bits per heavy atom. The number of rotatable bonds is 3. The molecule has 2 rings (SSSR count). The number of aromatic nitrogens is 1. The van der Waals surface area contributed by atoms with Crippen LogP contribution in [0.25, 0.3) is 0 Å². The van der Waals surface area contributed by atoms with E-state index >= 15 is 0 Å². The predicted octanol–water partition coefficient (Wildman–Crippen LogP) is 2.74. The Morgan fingerprint density at radius 2 is 2.06 bits per heavy atom. The van der Waals surface area contributed by atoms with Crippen LogP contribution in [0, 0.1) is 6.92 Å². The Morgan fingerprint density at radius 3 is 2.62 bits per heavy atom. The molecule has 1 heterocycles. The second-order valence-electron chi connectivity index (χ2n) is 3.48. The molecule has 0 unspecified atom stereocenters. The van der Waals surface area contributed by atoms with Crippen molar-refractivity contribution in [2.45, 2.75) is 13.3 Å². The minimum Gasteiger partial charge on any atom is -0.476 e. The third kappa shape index (κ3) is 2.28. The third-order valence-corrected chi connectivity index (χ3v) is 3.21. The van der Waals surface area contributed by atoms with Gasteiger partial charge in [0.1, 0.15) is 0 Å². The standard InChI is InChI=1S/C12H11NO2S/c1-8-11(12(14)15)13-10(16-8)7-9-5-3-2-4-6-9/h2-6H,7H2,1H3,(H,14,15). The van der Waals surface area contributed by atoms with Crippen LogP contribution in [0.2, 0.25) is 0 Å². The molecule has 3 nitrogen and oxygen atoms in total. The first-order valence-corrected chi connectivity index (χ1v) is 5.72. The predicted molar refractivity (Wildman–Crippen MR) is 63.1 cm³/mol. The fourth-order valence-corrected chi connectivity index (χ4v) is 2.45. The lowest BCUT2D eigenvalue weighted by molar-refractivity contribution is 0.0690. The molecule has 1 N–H and O–H groups in total. The fraction of sp³-hybridized carbons (Fsp3) is 0.167. The number of nitrogens with zero attached hydrogens (tertiary/aromatic N) is 1. The maximum Gasteiger partial charge on any atom is 0.355 e. The van der Waals surface area contributed by atoms with Gasteiger partial charge in [-0.1, -0.05) is 30.3 Å². The minimum absolute atomic E-state index is 0.177. The zero-order valence-corrected chi connectivity index (χ0v) is 9.62. The highest BCUT2D eigenvalue weighted by Crippen LogP contribution is 2.20. The van der Waals surface area contributed by atoms with Crippen LogP contribution in [0.5, 0.6) is 0 Å². The SMILES string of the molecule is Cc1sc(Cc2ccccc2)nc1C(=O)O. The number of aromatic carboxylic acids is 1. The monoisotopic (exact) mass is 233 g/mol. The highest BCUT2D eigenvalue weighted by molar-refractivity contribution is 7.11. The van der Waals surface area contributed by atoms with Gasteiger partial charge in [-0.2, -0.15) is 0 Å². The molecule has 4 heteroatoms. The number of thiazole rings is 1. The molecule has 1 aromatic heterocycles. The average molecular weight is 233 g/mol. The van der Waals surface area contributed by atoms with Gasteiger partial charge < -0.3 is 5.11 Å². The number of carbonyl (C=O) groups is 1. The van der Waals surface area contributed by atoms with Gasteiger partial charge in [-0.25, -0.2) is 9.78 Å². The molecule has 2 aromatic rings. The summed E-state index contributed by atoms with van der Waals surface area (Å²) in [7, 11) is 0. The van der Waals surface area contributed by atoms with Gasteiger partial charge in [0, 0.05) is 11.3 Å². The van der Waals surface area contributed by atoms with Crippen LogP contribution in [-0.4, -0.2) is 16.1 Å². The van der Waals surface area contributed by atoms with E-state index in [9.17, 15) is 4.79 Å². The van der Waals surface area contributed by atoms with Crippen molar-refractivity contribution in [3.05, 3.63) is 51.5 Å². The maximum atomic E-state index is 10.8. The molecule has 0 radical (unpaired) electrons. The second kappa shape index (κ2) is 4.45. The summed E-state index contributed by atoms with van der Waals surface area (Å²) in [6.45, 7) is 1.79. The quantitative estimate of drug-likeness (QED) is 0.886. The van der Waals surface area contributed by atoms with Crippen LogP contribution in [0.4, 0.5) is 0 Å². The molecule has 82 valence electrons. The highest BCUT2D eigenvalue weighted by Gasteiger charge is 2.13. The summed E-state index contributed by atoms with van der Waals surface area (Å²) < 4.78 is 0. The Labute approximate surface area is 97.4 Å². The van der Waals surface area contributed by atoms with Crippen LogP contribution < -0.4 is 0 Å². The first-order chi connectivity index (χ1) is 7.66. The van der Waals surface area contributed by atoms with Crippen molar-refractivity contribution in [1.82, 2.24) is 4.98 Å². The Balaban J connectivity index is 2.23. The summed E-state index contributed by atoms with van der Waals surface area (Å²) in [6, 6.07) is 9.91. The molecule has 0 bridgehead atoms. The molecule has 0 saturated carbocycles. The van der Waals surface area contributed by atoms with Crippen LogP contribution in [-0.2, 0) is 6.42 Å². The molecule has 0 aliphatic rings. The number of hydrogen-bond acceptors (Lipinski definition) is 3. The molecule has 0 fully saturated rings. The van der Waals surface area contributed by atoms with E-state index in [1.165, 1.54) is 11.3 Å². The van der Waals surface area contributed by atoms with Crippen LogP contribution in [0.3, 0.4) is 0 Å². The molecular weight excluding hydrogens is 222 g/mol. The molecule has 0 aliphatic heterocycles. The van der Waals surface area contributed by atoms with Crippen LogP contribution >= 0.6 is 11.3 Å². The van der Waals surface area contributed by atoms with Gasteiger partial charge >= 0.3 is 5.97 Å². The summed E-state index contributed by atoms with van der Waals surface area (Å²) in [6.07, 6.45) is 0.694. The number of carboxylic acid groups (broad SMARTS) is 1. The highest BCUT2D eigenvalue weighted by atomic mass is 32.1. The minimum atomic E-state index is -0.951. The lowest BCUT2D eigenvalue weighted by Gasteiger charge is -1.95. The first kappa shape index (κ1) is 10.8. The van der Waals surface area contributed by atoms with Crippen LogP contribution in [0.15, 0.2) is 30.3 Å². The van der Waals surface area contributed by atoms with Gasteiger partial charge in [-0.15, -0.1) is 11.3 Å². The van der Waals surface area contributed by atoms with Crippen molar-refractivity contribution in [2.24, 2.45) is 0 Å². The molecule has 0 aliphatic carbocycles. The first-order valence-electron chi connectivity index (χ1n) is 4.90. The molecule has 1 aromatic carbocycles. The summed E-state index contributed by atoms with van der Waals surface area (Å²) in [4.78, 5) is 15.7. The fourth-order valence-electron chi connectivity index (χ4n) is 1.50. The van der Waals surface area contributed by atoms with Gasteiger partial charge in [0.25, 0.3) is 0 Å². The van der Waals surface area contributed by atoms with E-state index in [0.717, 1.165) is 15.4 Å². The molecule has 0 saturated heterocycles. The molecule has 0 amide bonds. The molecule has 16 heavy (non-hydrogen) atoms.